The zero-order valence-electron chi connectivity index (χ0n) is 18.8. The summed E-state index contributed by atoms with van der Waals surface area (Å²) in [5.74, 6) is 0.497. The van der Waals surface area contributed by atoms with Crippen molar-refractivity contribution in [3.63, 3.8) is 0 Å². The number of esters is 1. The topological polar surface area (TPSA) is 84.1 Å². The van der Waals surface area contributed by atoms with Crippen LogP contribution in [0.3, 0.4) is 0 Å². The second-order valence-electron chi connectivity index (χ2n) is 8.26. The molecule has 5 rings (SSSR count). The third-order valence-electron chi connectivity index (χ3n) is 6.11. The normalized spacial score (nSPS) is 15.1. The molecule has 2 aromatic carbocycles. The minimum absolute atomic E-state index is 0.119. The molecule has 1 aliphatic rings. The van der Waals surface area contributed by atoms with Crippen LogP contribution in [-0.2, 0) is 22.4 Å². The molecule has 174 valence electrons. The van der Waals surface area contributed by atoms with Gasteiger partial charge in [0.25, 0.3) is 0 Å². The Morgan fingerprint density at radius 1 is 1.18 bits per heavy atom. The number of thiophene rings is 1. The first-order chi connectivity index (χ1) is 16.6. The lowest BCUT2D eigenvalue weighted by Crippen LogP contribution is -2.16. The molecule has 0 saturated carbocycles. The van der Waals surface area contributed by atoms with Gasteiger partial charge in [0.15, 0.2) is 5.16 Å². The first-order valence-corrected chi connectivity index (χ1v) is 13.1. The highest BCUT2D eigenvalue weighted by atomic mass is 32.2. The van der Waals surface area contributed by atoms with Gasteiger partial charge in [0, 0.05) is 17.1 Å². The van der Waals surface area contributed by atoms with Crippen molar-refractivity contribution < 1.29 is 14.3 Å². The van der Waals surface area contributed by atoms with E-state index < -0.39 is 0 Å². The second-order valence-corrected chi connectivity index (χ2v) is 10.4. The number of amides is 1. The maximum Gasteiger partial charge on any atom is 0.341 e. The lowest BCUT2D eigenvalue weighted by molar-refractivity contribution is -0.115. The van der Waals surface area contributed by atoms with Crippen molar-refractivity contribution in [3.05, 3.63) is 76.2 Å². The zero-order valence-corrected chi connectivity index (χ0v) is 20.4. The van der Waals surface area contributed by atoms with E-state index in [4.69, 9.17) is 4.74 Å². The highest BCUT2D eigenvalue weighted by Crippen LogP contribution is 2.42. The van der Waals surface area contributed by atoms with Crippen LogP contribution in [0.2, 0.25) is 0 Å². The quantitative estimate of drug-likeness (QED) is 0.252. The second kappa shape index (κ2) is 10.0. The molecule has 6 nitrogen and oxygen atoms in total. The summed E-state index contributed by atoms with van der Waals surface area (Å²) in [5, 5.41) is 4.38. The number of carbonyl (C=O) groups excluding carboxylic acids is 2. The summed E-state index contributed by atoms with van der Waals surface area (Å²) in [4.78, 5) is 34.3. The molecule has 1 aliphatic carbocycles. The number of thioether (sulfide) groups is 1. The maximum absolute atomic E-state index is 12.7. The summed E-state index contributed by atoms with van der Waals surface area (Å²) in [6.07, 6.45) is 2.95. The van der Waals surface area contributed by atoms with Gasteiger partial charge in [-0.3, -0.25) is 4.79 Å². The van der Waals surface area contributed by atoms with Crippen LogP contribution in [0.25, 0.3) is 11.0 Å². The van der Waals surface area contributed by atoms with Gasteiger partial charge in [-0.2, -0.15) is 0 Å². The molecule has 4 aromatic rings. The van der Waals surface area contributed by atoms with Crippen LogP contribution in [0.4, 0.5) is 5.00 Å². The first-order valence-electron chi connectivity index (χ1n) is 11.3. The van der Waals surface area contributed by atoms with Crippen molar-refractivity contribution in [2.75, 3.05) is 18.2 Å². The van der Waals surface area contributed by atoms with Gasteiger partial charge in [0.2, 0.25) is 5.91 Å². The number of ether oxygens (including phenoxy) is 1. The van der Waals surface area contributed by atoms with Crippen molar-refractivity contribution in [2.45, 2.75) is 36.8 Å². The number of fused-ring (bicyclic) bond motifs is 2. The predicted molar refractivity (Wildman–Crippen MR) is 137 cm³/mol. The average Bonchev–Trinajstić information content (AvgIpc) is 3.44. The minimum Gasteiger partial charge on any atom is -0.465 e. The zero-order chi connectivity index (χ0) is 23.5. The number of rotatable bonds is 7. The van der Waals surface area contributed by atoms with Gasteiger partial charge in [-0.05, 0) is 48.4 Å². The highest BCUT2D eigenvalue weighted by Gasteiger charge is 2.30. The summed E-state index contributed by atoms with van der Waals surface area (Å²) in [7, 11) is 1.39. The Labute approximate surface area is 206 Å². The molecule has 0 radical (unpaired) electrons. The largest absolute Gasteiger partial charge is 0.465 e. The van der Waals surface area contributed by atoms with E-state index in [-0.39, 0.29) is 11.9 Å². The van der Waals surface area contributed by atoms with Gasteiger partial charge >= 0.3 is 5.97 Å². The van der Waals surface area contributed by atoms with Crippen molar-refractivity contribution >= 4 is 51.0 Å². The molecular weight excluding hydrogens is 466 g/mol. The number of hydrogen-bond donors (Lipinski definition) is 2. The molecule has 0 aliphatic heterocycles. The molecule has 0 spiro atoms. The number of para-hydroxylation sites is 2. The van der Waals surface area contributed by atoms with Crippen LogP contribution in [0.15, 0.2) is 59.8 Å². The molecule has 0 fully saturated rings. The van der Waals surface area contributed by atoms with Crippen molar-refractivity contribution in [3.8, 4) is 0 Å². The summed E-state index contributed by atoms with van der Waals surface area (Å²) >= 11 is 3.02. The van der Waals surface area contributed by atoms with Gasteiger partial charge in [-0.25, -0.2) is 9.78 Å². The van der Waals surface area contributed by atoms with Crippen LogP contribution in [-0.4, -0.2) is 34.7 Å². The number of H-pyrrole nitrogens is 1. The van der Waals surface area contributed by atoms with Crippen molar-refractivity contribution in [2.24, 2.45) is 0 Å². The van der Waals surface area contributed by atoms with E-state index in [9.17, 15) is 9.59 Å². The van der Waals surface area contributed by atoms with Crippen molar-refractivity contribution in [1.82, 2.24) is 9.97 Å². The highest BCUT2D eigenvalue weighted by molar-refractivity contribution is 7.99. The van der Waals surface area contributed by atoms with Crippen LogP contribution < -0.4 is 5.32 Å². The third-order valence-corrected chi connectivity index (χ3v) is 8.16. The SMILES string of the molecule is COC(=O)c1c(NC(=O)CCSc2nc3ccccc3[nH]2)sc2c1CCC(c1ccccc1)C2. The fraction of sp³-hybridized carbons (Fsp3) is 0.269. The van der Waals surface area contributed by atoms with E-state index in [2.05, 4.69) is 39.6 Å². The third kappa shape index (κ3) is 4.74. The number of imidazole rings is 1. The lowest BCUT2D eigenvalue weighted by Gasteiger charge is -2.22. The monoisotopic (exact) mass is 491 g/mol. The Balaban J connectivity index is 1.26. The van der Waals surface area contributed by atoms with E-state index in [1.807, 2.05) is 30.3 Å². The van der Waals surface area contributed by atoms with Gasteiger partial charge < -0.3 is 15.0 Å². The lowest BCUT2D eigenvalue weighted by atomic mass is 9.83. The molecule has 1 unspecified atom stereocenters. The maximum atomic E-state index is 12.7. The summed E-state index contributed by atoms with van der Waals surface area (Å²) in [6, 6.07) is 18.3. The molecule has 8 heteroatoms. The molecule has 0 bridgehead atoms. The Morgan fingerprint density at radius 2 is 1.97 bits per heavy atom. The number of aromatic nitrogens is 2. The fourth-order valence-corrected chi connectivity index (χ4v) is 6.59. The number of nitrogens with one attached hydrogen (secondary N) is 2. The molecule has 2 heterocycles. The number of nitrogens with zero attached hydrogens (tertiary/aromatic N) is 1. The number of anilines is 1. The Kier molecular flexibility index (Phi) is 6.69. The Bertz CT molecular complexity index is 1300. The number of carbonyl (C=O) groups is 2. The fourth-order valence-electron chi connectivity index (χ4n) is 4.43. The summed E-state index contributed by atoms with van der Waals surface area (Å²) in [6.45, 7) is 0. The van der Waals surface area contributed by atoms with Gasteiger partial charge in [0.05, 0.1) is 23.7 Å². The van der Waals surface area contributed by atoms with Crippen LogP contribution in [0, 0.1) is 0 Å². The smallest absolute Gasteiger partial charge is 0.341 e. The molecule has 2 aromatic heterocycles. The molecule has 1 atom stereocenters. The van der Waals surface area contributed by atoms with E-state index in [0.717, 1.165) is 45.9 Å². The number of methoxy groups -OCH3 is 1. The predicted octanol–water partition coefficient (Wildman–Crippen LogP) is 5.80. The number of aromatic amines is 1. The van der Waals surface area contributed by atoms with Crippen LogP contribution in [0.1, 0.15) is 45.1 Å². The van der Waals surface area contributed by atoms with E-state index >= 15 is 0 Å². The average molecular weight is 492 g/mol. The number of benzene rings is 2. The van der Waals surface area contributed by atoms with Crippen molar-refractivity contribution in [1.29, 1.82) is 0 Å². The first kappa shape index (κ1) is 22.7. The van der Waals surface area contributed by atoms with E-state index in [1.165, 1.54) is 35.8 Å². The molecule has 2 N–H and O–H groups in total. The molecular formula is C26H25N3O3S2. The van der Waals surface area contributed by atoms with Gasteiger partial charge in [0.1, 0.15) is 5.00 Å². The standard InChI is InChI=1S/C26H25N3O3S2/c1-32-25(31)23-18-12-11-17(16-7-3-2-4-8-16)15-21(18)34-24(23)29-22(30)13-14-33-26-27-19-9-5-6-10-20(19)28-26/h2-10,17H,11-15H2,1H3,(H,27,28)(H,29,30). The molecule has 34 heavy (non-hydrogen) atoms. The Hall–Kier alpha value is -3.10. The van der Waals surface area contributed by atoms with Crippen LogP contribution >= 0.6 is 23.1 Å². The molecule has 1 amide bonds. The molecule has 0 saturated heterocycles. The van der Waals surface area contributed by atoms with E-state index in [0.29, 0.717) is 28.7 Å². The van der Waals surface area contributed by atoms with Gasteiger partial charge in [-0.15, -0.1) is 11.3 Å². The Morgan fingerprint density at radius 3 is 2.76 bits per heavy atom. The van der Waals surface area contributed by atoms with Gasteiger partial charge in [-0.1, -0.05) is 54.2 Å². The summed E-state index contributed by atoms with van der Waals surface area (Å²) in [5.41, 5.74) is 4.75. The minimum atomic E-state index is -0.386. The van der Waals surface area contributed by atoms with E-state index in [1.54, 1.807) is 0 Å². The number of hydrogen-bond acceptors (Lipinski definition) is 6. The van der Waals surface area contributed by atoms with Crippen LogP contribution in [0.5, 0.6) is 0 Å². The summed E-state index contributed by atoms with van der Waals surface area (Å²) < 4.78 is 5.06.